The minimum atomic E-state index is -0.775. The zero-order chi connectivity index (χ0) is 13.7. The number of hydrogen-bond donors (Lipinski definition) is 1. The molecule has 1 aromatic carbocycles. The van der Waals surface area contributed by atoms with Crippen molar-refractivity contribution in [2.75, 3.05) is 17.7 Å². The molecular weight excluding hydrogens is 268 g/mol. The number of nitrogens with two attached hydrogens (primary N) is 1. The minimum absolute atomic E-state index is 0. The summed E-state index contributed by atoms with van der Waals surface area (Å²) in [7, 11) is 1.25. The third-order valence-corrected chi connectivity index (χ3v) is 3.45. The van der Waals surface area contributed by atoms with E-state index >= 15 is 0 Å². The van der Waals surface area contributed by atoms with Gasteiger partial charge in [0.25, 0.3) is 0 Å². The van der Waals surface area contributed by atoms with Gasteiger partial charge in [0.05, 0.1) is 18.2 Å². The monoisotopic (exact) mass is 284 g/mol. The van der Waals surface area contributed by atoms with Crippen molar-refractivity contribution >= 4 is 35.8 Å². The van der Waals surface area contributed by atoms with E-state index in [9.17, 15) is 9.59 Å². The predicted molar refractivity (Wildman–Crippen MR) is 75.8 cm³/mol. The van der Waals surface area contributed by atoms with Crippen LogP contribution < -0.4 is 10.6 Å². The largest absolute Gasteiger partial charge is 0.452 e. The van der Waals surface area contributed by atoms with Crippen molar-refractivity contribution in [2.24, 2.45) is 0 Å². The summed E-state index contributed by atoms with van der Waals surface area (Å²) in [5.41, 5.74) is 7.88. The molecule has 0 aliphatic carbocycles. The Kier molecular flexibility index (Phi) is 3.82. The van der Waals surface area contributed by atoms with Gasteiger partial charge in [0.15, 0.2) is 0 Å². The molecule has 5 nitrogen and oxygen atoms in total. The molecule has 1 aliphatic heterocycles. The highest BCUT2D eigenvalue weighted by Gasteiger charge is 2.48. The molecule has 0 saturated heterocycles. The SMILES string of the molecule is COC(=O)N1C(=O)C(C)(C)c2c1ccc(N)c2C.Cl. The fourth-order valence-electron chi connectivity index (χ4n) is 2.46. The Balaban J connectivity index is 0.00000180. The highest BCUT2D eigenvalue weighted by molar-refractivity contribution is 6.21. The van der Waals surface area contributed by atoms with Crippen LogP contribution in [0.15, 0.2) is 12.1 Å². The van der Waals surface area contributed by atoms with Gasteiger partial charge < -0.3 is 10.5 Å². The van der Waals surface area contributed by atoms with Crippen LogP contribution in [0.4, 0.5) is 16.2 Å². The number of rotatable bonds is 0. The molecule has 1 aromatic rings. The highest BCUT2D eigenvalue weighted by Crippen LogP contribution is 2.45. The molecule has 0 saturated carbocycles. The van der Waals surface area contributed by atoms with E-state index in [4.69, 9.17) is 5.73 Å². The van der Waals surface area contributed by atoms with E-state index in [1.807, 2.05) is 6.92 Å². The summed E-state index contributed by atoms with van der Waals surface area (Å²) in [6.45, 7) is 5.41. The lowest BCUT2D eigenvalue weighted by atomic mass is 9.83. The fraction of sp³-hybridized carbons (Fsp3) is 0.385. The van der Waals surface area contributed by atoms with Crippen molar-refractivity contribution in [3.8, 4) is 0 Å². The molecular formula is C13H17ClN2O3. The second kappa shape index (κ2) is 4.74. The maximum Gasteiger partial charge on any atom is 0.420 e. The van der Waals surface area contributed by atoms with E-state index in [1.54, 1.807) is 26.0 Å². The van der Waals surface area contributed by atoms with E-state index in [2.05, 4.69) is 4.74 Å². The summed E-state index contributed by atoms with van der Waals surface area (Å²) >= 11 is 0. The molecule has 0 unspecified atom stereocenters. The molecule has 6 heteroatoms. The lowest BCUT2D eigenvalue weighted by Crippen LogP contribution is -2.40. The number of carbonyl (C=O) groups is 2. The number of carbonyl (C=O) groups excluding carboxylic acids is 2. The first-order chi connectivity index (χ1) is 8.32. The van der Waals surface area contributed by atoms with E-state index < -0.39 is 11.5 Å². The number of nitrogen functional groups attached to an aromatic ring is 1. The van der Waals surface area contributed by atoms with Gasteiger partial charge >= 0.3 is 6.09 Å². The van der Waals surface area contributed by atoms with Gasteiger partial charge in [-0.3, -0.25) is 4.79 Å². The zero-order valence-electron chi connectivity index (χ0n) is 11.3. The van der Waals surface area contributed by atoms with Gasteiger partial charge in [-0.2, -0.15) is 0 Å². The van der Waals surface area contributed by atoms with Gasteiger partial charge in [0.1, 0.15) is 0 Å². The summed E-state index contributed by atoms with van der Waals surface area (Å²) in [5, 5.41) is 0. The maximum atomic E-state index is 12.3. The second-order valence-electron chi connectivity index (χ2n) is 4.91. The molecule has 0 fully saturated rings. The third kappa shape index (κ3) is 1.94. The van der Waals surface area contributed by atoms with Crippen LogP contribution in [-0.2, 0) is 14.9 Å². The molecule has 104 valence electrons. The summed E-state index contributed by atoms with van der Waals surface area (Å²) in [5.74, 6) is -0.293. The van der Waals surface area contributed by atoms with Gasteiger partial charge in [-0.25, -0.2) is 9.69 Å². The van der Waals surface area contributed by atoms with E-state index in [0.29, 0.717) is 11.4 Å². The number of anilines is 2. The molecule has 0 radical (unpaired) electrons. The first-order valence-corrected chi connectivity index (χ1v) is 5.64. The second-order valence-corrected chi connectivity index (χ2v) is 4.91. The van der Waals surface area contributed by atoms with Crippen molar-refractivity contribution in [1.82, 2.24) is 0 Å². The van der Waals surface area contributed by atoms with Gasteiger partial charge in [0.2, 0.25) is 5.91 Å². The fourth-order valence-corrected chi connectivity index (χ4v) is 2.46. The van der Waals surface area contributed by atoms with Gasteiger partial charge in [-0.15, -0.1) is 12.4 Å². The first kappa shape index (κ1) is 15.3. The molecule has 0 bridgehead atoms. The Labute approximate surface area is 118 Å². The molecule has 2 amide bonds. The number of ether oxygens (including phenoxy) is 1. The maximum absolute atomic E-state index is 12.3. The number of methoxy groups -OCH3 is 1. The molecule has 0 aromatic heterocycles. The summed E-state index contributed by atoms with van der Waals surface area (Å²) in [6, 6.07) is 3.38. The lowest BCUT2D eigenvalue weighted by molar-refractivity contribution is -0.121. The molecule has 19 heavy (non-hydrogen) atoms. The van der Waals surface area contributed by atoms with Crippen molar-refractivity contribution in [3.05, 3.63) is 23.3 Å². The average Bonchev–Trinajstić information content (AvgIpc) is 2.52. The Bertz CT molecular complexity index is 555. The lowest BCUT2D eigenvalue weighted by Gasteiger charge is -2.18. The van der Waals surface area contributed by atoms with Gasteiger partial charge in [-0.05, 0) is 44.0 Å². The van der Waals surface area contributed by atoms with Crippen molar-refractivity contribution in [2.45, 2.75) is 26.2 Å². The third-order valence-electron chi connectivity index (χ3n) is 3.45. The first-order valence-electron chi connectivity index (χ1n) is 5.64. The Morgan fingerprint density at radius 1 is 1.37 bits per heavy atom. The molecule has 0 spiro atoms. The Morgan fingerprint density at radius 2 is 1.95 bits per heavy atom. The topological polar surface area (TPSA) is 72.6 Å². The molecule has 1 heterocycles. The van der Waals surface area contributed by atoms with Crippen LogP contribution in [0.1, 0.15) is 25.0 Å². The van der Waals surface area contributed by atoms with E-state index in [-0.39, 0.29) is 18.3 Å². The predicted octanol–water partition coefficient (Wildman–Crippen LogP) is 2.39. The van der Waals surface area contributed by atoms with Crippen molar-refractivity contribution < 1.29 is 14.3 Å². The summed E-state index contributed by atoms with van der Waals surface area (Å²) in [6.07, 6.45) is -0.670. The summed E-state index contributed by atoms with van der Waals surface area (Å²) < 4.78 is 4.66. The number of imide groups is 1. The number of hydrogen-bond acceptors (Lipinski definition) is 4. The smallest absolute Gasteiger partial charge is 0.420 e. The highest BCUT2D eigenvalue weighted by atomic mass is 35.5. The Hall–Kier alpha value is -1.75. The summed E-state index contributed by atoms with van der Waals surface area (Å²) in [4.78, 5) is 25.1. The number of nitrogens with zero attached hydrogens (tertiary/aromatic N) is 1. The van der Waals surface area contributed by atoms with Gasteiger partial charge in [0, 0.05) is 5.69 Å². The van der Waals surface area contributed by atoms with Crippen LogP contribution in [-0.4, -0.2) is 19.1 Å². The van der Waals surface area contributed by atoms with Crippen LogP contribution in [0.2, 0.25) is 0 Å². The number of fused-ring (bicyclic) bond motifs is 1. The molecule has 1 aliphatic rings. The van der Waals surface area contributed by atoms with E-state index in [0.717, 1.165) is 16.0 Å². The van der Waals surface area contributed by atoms with Crippen molar-refractivity contribution in [3.63, 3.8) is 0 Å². The number of halogens is 1. The van der Waals surface area contributed by atoms with E-state index in [1.165, 1.54) is 7.11 Å². The molecule has 2 rings (SSSR count). The average molecular weight is 285 g/mol. The van der Waals surface area contributed by atoms with Crippen LogP contribution in [0.5, 0.6) is 0 Å². The van der Waals surface area contributed by atoms with Crippen LogP contribution in [0, 0.1) is 6.92 Å². The quantitative estimate of drug-likeness (QED) is 0.743. The normalized spacial score (nSPS) is 15.8. The van der Waals surface area contributed by atoms with Crippen LogP contribution in [0.25, 0.3) is 0 Å². The zero-order valence-corrected chi connectivity index (χ0v) is 12.1. The van der Waals surface area contributed by atoms with Crippen LogP contribution in [0.3, 0.4) is 0 Å². The standard InChI is InChI=1S/C13H16N2O3.ClH/c1-7-8(14)5-6-9-10(7)13(2,3)11(16)15(9)12(17)18-4;/h5-6H,14H2,1-4H3;1H. The number of benzene rings is 1. The Morgan fingerprint density at radius 3 is 2.47 bits per heavy atom. The molecule has 2 N–H and O–H groups in total. The van der Waals surface area contributed by atoms with Gasteiger partial charge in [-0.1, -0.05) is 0 Å². The van der Waals surface area contributed by atoms with Crippen LogP contribution >= 0.6 is 12.4 Å². The van der Waals surface area contributed by atoms with Crippen molar-refractivity contribution in [1.29, 1.82) is 0 Å². The minimum Gasteiger partial charge on any atom is -0.452 e. The molecule has 0 atom stereocenters. The number of amides is 2.